The van der Waals surface area contributed by atoms with Gasteiger partial charge in [-0.2, -0.15) is 0 Å². The molecule has 3 unspecified atom stereocenters. The minimum absolute atomic E-state index is 0.0269. The molecule has 2 aliphatic carbocycles. The van der Waals surface area contributed by atoms with Crippen molar-refractivity contribution in [1.82, 2.24) is 4.98 Å². The van der Waals surface area contributed by atoms with Crippen LogP contribution in [0, 0.1) is 23.6 Å². The number of hydrogen-bond donors (Lipinski definition) is 0. The molecule has 2 aliphatic rings. The molecule has 0 N–H and O–H groups in total. The Bertz CT molecular complexity index is 797. The average Bonchev–Trinajstić information content (AvgIpc) is 3.01. The van der Waals surface area contributed by atoms with Crippen molar-refractivity contribution in [1.29, 1.82) is 0 Å². The van der Waals surface area contributed by atoms with Crippen LogP contribution in [0.15, 0.2) is 48.7 Å². The second kappa shape index (κ2) is 6.90. The Kier molecular flexibility index (Phi) is 4.60. The number of allylic oxidation sites excluding steroid dienone is 1. The van der Waals surface area contributed by atoms with E-state index in [9.17, 15) is 13.2 Å². The molecule has 0 radical (unpaired) electrons. The van der Waals surface area contributed by atoms with Crippen LogP contribution in [0.25, 0.3) is 17.2 Å². The number of rotatable bonds is 3. The summed E-state index contributed by atoms with van der Waals surface area (Å²) in [6.07, 6.45) is 8.49. The quantitative estimate of drug-likeness (QED) is 0.622. The Morgan fingerprint density at radius 3 is 2.69 bits per heavy atom. The molecular weight excluding hydrogens is 335 g/mol. The van der Waals surface area contributed by atoms with Gasteiger partial charge in [-0.05, 0) is 66.9 Å². The summed E-state index contributed by atoms with van der Waals surface area (Å²) in [5.41, 5.74) is 2.52. The van der Waals surface area contributed by atoms with Crippen LogP contribution in [0.5, 0.6) is 0 Å². The van der Waals surface area contributed by atoms with Gasteiger partial charge in [-0.1, -0.05) is 24.3 Å². The lowest BCUT2D eigenvalue weighted by atomic mass is 9.76. The van der Waals surface area contributed by atoms with E-state index in [4.69, 9.17) is 0 Å². The molecule has 2 fully saturated rings. The van der Waals surface area contributed by atoms with Crippen LogP contribution in [-0.4, -0.2) is 10.9 Å². The SMILES string of the molecule is Fc1cccc(-c2ccc(/C=C/C3CCC4CC(F)(F)CCC34)nc2)c1. The zero-order valence-electron chi connectivity index (χ0n) is 14.5. The fourth-order valence-corrected chi connectivity index (χ4v) is 4.55. The van der Waals surface area contributed by atoms with Crippen molar-refractivity contribution in [3.8, 4) is 11.1 Å². The van der Waals surface area contributed by atoms with E-state index in [-0.39, 0.29) is 24.6 Å². The van der Waals surface area contributed by atoms with Gasteiger partial charge in [0.25, 0.3) is 0 Å². The van der Waals surface area contributed by atoms with E-state index in [2.05, 4.69) is 11.1 Å². The van der Waals surface area contributed by atoms with Crippen molar-refractivity contribution in [2.75, 3.05) is 0 Å². The number of alkyl halides is 2. The van der Waals surface area contributed by atoms with Crippen molar-refractivity contribution in [2.24, 2.45) is 17.8 Å². The Morgan fingerprint density at radius 2 is 1.92 bits per heavy atom. The number of nitrogens with zero attached hydrogens (tertiary/aromatic N) is 1. The molecule has 4 heteroatoms. The second-order valence-corrected chi connectivity index (χ2v) is 7.61. The maximum absolute atomic E-state index is 13.6. The molecule has 26 heavy (non-hydrogen) atoms. The number of aromatic nitrogens is 1. The molecule has 0 bridgehead atoms. The topological polar surface area (TPSA) is 12.9 Å². The molecular formula is C22H22F3N. The summed E-state index contributed by atoms with van der Waals surface area (Å²) >= 11 is 0. The summed E-state index contributed by atoms with van der Waals surface area (Å²) in [7, 11) is 0. The Labute approximate surface area is 152 Å². The lowest BCUT2D eigenvalue weighted by molar-refractivity contribution is -0.0659. The van der Waals surface area contributed by atoms with Crippen LogP contribution in [0.2, 0.25) is 0 Å². The molecule has 0 amide bonds. The first-order valence-corrected chi connectivity index (χ1v) is 9.28. The molecule has 1 aromatic heterocycles. The fourth-order valence-electron chi connectivity index (χ4n) is 4.55. The molecule has 2 saturated carbocycles. The summed E-state index contributed by atoms with van der Waals surface area (Å²) in [6.45, 7) is 0. The Morgan fingerprint density at radius 1 is 1.04 bits per heavy atom. The standard InChI is InChI=1S/C22H22F3N/c23-19-3-1-2-16(12-19)18-7-9-20(26-14-18)8-6-15-4-5-17-13-22(24,25)11-10-21(15)17/h1-3,6-9,12,14-15,17,21H,4-5,10-11,13H2/b8-6+. The molecule has 1 nitrogen and oxygen atoms in total. The number of hydrogen-bond acceptors (Lipinski definition) is 1. The molecule has 4 rings (SSSR count). The van der Waals surface area contributed by atoms with Gasteiger partial charge in [0.15, 0.2) is 0 Å². The van der Waals surface area contributed by atoms with Gasteiger partial charge in [0.1, 0.15) is 5.82 Å². The van der Waals surface area contributed by atoms with Gasteiger partial charge in [-0.15, -0.1) is 0 Å². The second-order valence-electron chi connectivity index (χ2n) is 7.61. The van der Waals surface area contributed by atoms with Gasteiger partial charge in [0.05, 0.1) is 5.69 Å². The van der Waals surface area contributed by atoms with Gasteiger partial charge in [-0.3, -0.25) is 4.98 Å². The third-order valence-electron chi connectivity index (χ3n) is 5.89. The summed E-state index contributed by atoms with van der Waals surface area (Å²) in [4.78, 5) is 4.44. The summed E-state index contributed by atoms with van der Waals surface area (Å²) in [5.74, 6) is -1.80. The van der Waals surface area contributed by atoms with Crippen molar-refractivity contribution in [3.63, 3.8) is 0 Å². The Balaban J connectivity index is 1.43. The molecule has 0 spiro atoms. The van der Waals surface area contributed by atoms with Crippen molar-refractivity contribution < 1.29 is 13.2 Å². The van der Waals surface area contributed by atoms with Crippen LogP contribution in [0.4, 0.5) is 13.2 Å². The van der Waals surface area contributed by atoms with Gasteiger partial charge >= 0.3 is 0 Å². The zero-order chi connectivity index (χ0) is 18.1. The van der Waals surface area contributed by atoms with Crippen LogP contribution in [0.1, 0.15) is 37.8 Å². The minimum Gasteiger partial charge on any atom is -0.256 e. The molecule has 1 heterocycles. The predicted molar refractivity (Wildman–Crippen MR) is 97.2 cm³/mol. The predicted octanol–water partition coefficient (Wildman–Crippen LogP) is 6.36. The molecule has 1 aromatic carbocycles. The molecule has 0 aliphatic heterocycles. The summed E-state index contributed by atoms with van der Waals surface area (Å²) in [6, 6.07) is 10.3. The highest BCUT2D eigenvalue weighted by Gasteiger charge is 2.46. The lowest BCUT2D eigenvalue weighted by Gasteiger charge is -2.33. The fraction of sp³-hybridized carbons (Fsp3) is 0.409. The first-order valence-electron chi connectivity index (χ1n) is 9.28. The number of pyridine rings is 1. The normalized spacial score (nSPS) is 27.6. The van der Waals surface area contributed by atoms with Crippen LogP contribution in [0.3, 0.4) is 0 Å². The van der Waals surface area contributed by atoms with E-state index >= 15 is 0 Å². The zero-order valence-corrected chi connectivity index (χ0v) is 14.5. The third-order valence-corrected chi connectivity index (χ3v) is 5.89. The van der Waals surface area contributed by atoms with E-state index in [0.717, 1.165) is 29.7 Å². The maximum atomic E-state index is 13.6. The Hall–Kier alpha value is -2.10. The molecule has 136 valence electrons. The monoisotopic (exact) mass is 357 g/mol. The largest absolute Gasteiger partial charge is 0.256 e. The highest BCUT2D eigenvalue weighted by molar-refractivity contribution is 5.63. The average molecular weight is 357 g/mol. The van der Waals surface area contributed by atoms with E-state index in [1.807, 2.05) is 24.3 Å². The molecule has 0 saturated heterocycles. The van der Waals surface area contributed by atoms with Gasteiger partial charge in [-0.25, -0.2) is 13.2 Å². The van der Waals surface area contributed by atoms with Crippen LogP contribution >= 0.6 is 0 Å². The van der Waals surface area contributed by atoms with E-state index < -0.39 is 5.92 Å². The van der Waals surface area contributed by atoms with Crippen LogP contribution < -0.4 is 0 Å². The van der Waals surface area contributed by atoms with E-state index in [0.29, 0.717) is 18.3 Å². The first kappa shape index (κ1) is 17.3. The summed E-state index contributed by atoms with van der Waals surface area (Å²) in [5, 5.41) is 0. The highest BCUT2D eigenvalue weighted by Crippen LogP contribution is 2.51. The number of fused-ring (bicyclic) bond motifs is 1. The lowest BCUT2D eigenvalue weighted by Crippen LogP contribution is -2.31. The molecule has 3 atom stereocenters. The van der Waals surface area contributed by atoms with Crippen molar-refractivity contribution in [2.45, 2.75) is 38.0 Å². The van der Waals surface area contributed by atoms with Gasteiger partial charge in [0.2, 0.25) is 5.92 Å². The summed E-state index contributed by atoms with van der Waals surface area (Å²) < 4.78 is 40.5. The minimum atomic E-state index is -2.46. The van der Waals surface area contributed by atoms with E-state index in [1.54, 1.807) is 12.3 Å². The highest BCUT2D eigenvalue weighted by atomic mass is 19.3. The maximum Gasteiger partial charge on any atom is 0.248 e. The smallest absolute Gasteiger partial charge is 0.248 e. The molecule has 2 aromatic rings. The van der Waals surface area contributed by atoms with Gasteiger partial charge < -0.3 is 0 Å². The third kappa shape index (κ3) is 3.69. The van der Waals surface area contributed by atoms with Crippen molar-refractivity contribution in [3.05, 3.63) is 60.2 Å². The van der Waals surface area contributed by atoms with Crippen molar-refractivity contribution >= 4 is 6.08 Å². The van der Waals surface area contributed by atoms with Crippen LogP contribution in [-0.2, 0) is 0 Å². The number of halogens is 3. The number of benzene rings is 1. The first-order chi connectivity index (χ1) is 12.5. The van der Waals surface area contributed by atoms with Gasteiger partial charge in [0, 0.05) is 24.6 Å². The van der Waals surface area contributed by atoms with E-state index in [1.165, 1.54) is 12.1 Å².